The fraction of sp³-hybridized carbons (Fsp3) is 0.708. The molecule has 0 saturated carbocycles. The molecule has 27 heavy (non-hydrogen) atoms. The highest BCUT2D eigenvalue weighted by Crippen LogP contribution is 2.26. The van der Waals surface area contributed by atoms with Crippen LogP contribution in [-0.4, -0.2) is 19.0 Å². The average molecular weight is 375 g/mol. The Hall–Kier alpha value is -1.51. The molecule has 0 saturated heterocycles. The number of anilines is 2. The normalized spacial score (nSPS) is 13.2. The average Bonchev–Trinajstić information content (AvgIpc) is 2.66. The molecule has 1 amide bonds. The van der Waals surface area contributed by atoms with Crippen LogP contribution in [0.1, 0.15) is 86.0 Å². The quantitative estimate of drug-likeness (QED) is 0.385. The molecule has 1 aromatic rings. The lowest BCUT2D eigenvalue weighted by molar-refractivity contribution is -0.114. The maximum atomic E-state index is 11.5. The van der Waals surface area contributed by atoms with Crippen molar-refractivity contribution in [1.29, 1.82) is 0 Å². The summed E-state index contributed by atoms with van der Waals surface area (Å²) in [5.41, 5.74) is 2.14. The minimum absolute atomic E-state index is 0.0116. The van der Waals surface area contributed by atoms with E-state index in [1.54, 1.807) is 6.92 Å². The Bertz CT molecular complexity index is 511. The molecule has 0 radical (unpaired) electrons. The van der Waals surface area contributed by atoms with Crippen molar-refractivity contribution in [1.82, 2.24) is 0 Å². The maximum absolute atomic E-state index is 11.5. The lowest BCUT2D eigenvalue weighted by atomic mass is 9.95. The van der Waals surface area contributed by atoms with Crippen molar-refractivity contribution in [2.75, 3.05) is 23.3 Å². The lowest BCUT2D eigenvalue weighted by Gasteiger charge is -2.33. The SMILES string of the molecule is CCCCC(CC)CN(CC(CC)CCCC)c1cccc(NC(C)=O)c1. The first-order valence-corrected chi connectivity index (χ1v) is 11.2. The molecule has 1 rings (SSSR count). The van der Waals surface area contributed by atoms with Gasteiger partial charge >= 0.3 is 0 Å². The maximum Gasteiger partial charge on any atom is 0.221 e. The van der Waals surface area contributed by atoms with Gasteiger partial charge in [0.25, 0.3) is 0 Å². The standard InChI is InChI=1S/C24H42N2O/c1-6-10-13-21(8-3)18-26(19-22(9-4)14-11-7-2)24-16-12-15-23(17-24)25-20(5)27/h12,15-17,21-22H,6-11,13-14,18-19H2,1-5H3,(H,25,27). The zero-order valence-electron chi connectivity index (χ0n) is 18.4. The van der Waals surface area contributed by atoms with E-state index >= 15 is 0 Å². The molecule has 0 bridgehead atoms. The molecule has 0 spiro atoms. The number of hydrogen-bond acceptors (Lipinski definition) is 2. The first-order valence-electron chi connectivity index (χ1n) is 11.2. The second-order valence-corrected chi connectivity index (χ2v) is 7.97. The topological polar surface area (TPSA) is 32.3 Å². The van der Waals surface area contributed by atoms with Gasteiger partial charge in [0.15, 0.2) is 0 Å². The van der Waals surface area contributed by atoms with Gasteiger partial charge in [0.1, 0.15) is 0 Å². The molecule has 0 aromatic heterocycles. The van der Waals surface area contributed by atoms with Gasteiger partial charge in [0.2, 0.25) is 5.91 Å². The monoisotopic (exact) mass is 374 g/mol. The predicted molar refractivity (Wildman–Crippen MR) is 120 cm³/mol. The summed E-state index contributed by atoms with van der Waals surface area (Å²) >= 11 is 0. The van der Waals surface area contributed by atoms with Crippen LogP contribution in [0.3, 0.4) is 0 Å². The van der Waals surface area contributed by atoms with E-state index in [1.165, 1.54) is 57.1 Å². The largest absolute Gasteiger partial charge is 0.371 e. The van der Waals surface area contributed by atoms with Crippen molar-refractivity contribution < 1.29 is 4.79 Å². The summed E-state index contributed by atoms with van der Waals surface area (Å²) < 4.78 is 0. The predicted octanol–water partition coefficient (Wildman–Crippen LogP) is 6.88. The summed E-state index contributed by atoms with van der Waals surface area (Å²) in [6.45, 7) is 13.0. The highest BCUT2D eigenvalue weighted by Gasteiger charge is 2.18. The Kier molecular flexibility index (Phi) is 11.9. The zero-order valence-corrected chi connectivity index (χ0v) is 18.4. The Labute approximate surface area is 167 Å². The molecule has 0 heterocycles. The highest BCUT2D eigenvalue weighted by atomic mass is 16.1. The van der Waals surface area contributed by atoms with Crippen LogP contribution in [-0.2, 0) is 4.79 Å². The number of hydrogen-bond donors (Lipinski definition) is 1. The number of nitrogens with zero attached hydrogens (tertiary/aromatic N) is 1. The van der Waals surface area contributed by atoms with Gasteiger partial charge in [-0.05, 0) is 42.9 Å². The second kappa shape index (κ2) is 13.6. The Morgan fingerprint density at radius 2 is 1.52 bits per heavy atom. The van der Waals surface area contributed by atoms with Gasteiger partial charge in [-0.1, -0.05) is 72.3 Å². The summed E-state index contributed by atoms with van der Waals surface area (Å²) in [5, 5.41) is 2.94. The highest BCUT2D eigenvalue weighted by molar-refractivity contribution is 5.89. The first-order chi connectivity index (χ1) is 13.0. The van der Waals surface area contributed by atoms with Crippen LogP contribution in [0.2, 0.25) is 0 Å². The second-order valence-electron chi connectivity index (χ2n) is 7.97. The van der Waals surface area contributed by atoms with E-state index < -0.39 is 0 Å². The Morgan fingerprint density at radius 1 is 0.963 bits per heavy atom. The van der Waals surface area contributed by atoms with Gasteiger partial charge in [0.05, 0.1) is 0 Å². The van der Waals surface area contributed by atoms with Crippen LogP contribution in [0.15, 0.2) is 24.3 Å². The Morgan fingerprint density at radius 3 is 1.96 bits per heavy atom. The fourth-order valence-electron chi connectivity index (χ4n) is 3.73. The van der Waals surface area contributed by atoms with E-state index in [4.69, 9.17) is 0 Å². The van der Waals surface area contributed by atoms with Crippen LogP contribution >= 0.6 is 0 Å². The summed E-state index contributed by atoms with van der Waals surface area (Å²) in [6.07, 6.45) is 10.2. The van der Waals surface area contributed by atoms with E-state index in [9.17, 15) is 4.79 Å². The molecule has 0 aliphatic rings. The third kappa shape index (κ3) is 9.30. The minimum Gasteiger partial charge on any atom is -0.371 e. The van der Waals surface area contributed by atoms with Gasteiger partial charge < -0.3 is 10.2 Å². The van der Waals surface area contributed by atoms with Gasteiger partial charge in [-0.3, -0.25) is 4.79 Å². The molecular formula is C24H42N2O. The lowest BCUT2D eigenvalue weighted by Crippen LogP contribution is -2.34. The minimum atomic E-state index is -0.0116. The van der Waals surface area contributed by atoms with Crippen molar-refractivity contribution in [2.45, 2.75) is 86.0 Å². The van der Waals surface area contributed by atoms with Gasteiger partial charge in [-0.25, -0.2) is 0 Å². The third-order valence-electron chi connectivity index (χ3n) is 5.58. The number of carbonyl (C=O) groups excluding carboxylic acids is 1. The van der Waals surface area contributed by atoms with Crippen LogP contribution < -0.4 is 10.2 Å². The van der Waals surface area contributed by atoms with Crippen molar-refractivity contribution in [3.8, 4) is 0 Å². The summed E-state index contributed by atoms with van der Waals surface area (Å²) in [5.74, 6) is 1.46. The van der Waals surface area contributed by atoms with E-state index in [0.29, 0.717) is 0 Å². The van der Waals surface area contributed by atoms with Crippen LogP contribution in [0.5, 0.6) is 0 Å². The Balaban J connectivity index is 2.99. The molecule has 1 aromatic carbocycles. The van der Waals surface area contributed by atoms with Crippen LogP contribution in [0.25, 0.3) is 0 Å². The number of amides is 1. The van der Waals surface area contributed by atoms with Crippen molar-refractivity contribution in [3.05, 3.63) is 24.3 Å². The molecule has 0 fully saturated rings. The molecule has 2 unspecified atom stereocenters. The molecule has 3 nitrogen and oxygen atoms in total. The molecule has 2 atom stereocenters. The number of nitrogens with one attached hydrogen (secondary N) is 1. The van der Waals surface area contributed by atoms with Crippen LogP contribution in [0, 0.1) is 11.8 Å². The van der Waals surface area contributed by atoms with Crippen molar-refractivity contribution >= 4 is 17.3 Å². The molecule has 0 aliphatic heterocycles. The van der Waals surface area contributed by atoms with Crippen molar-refractivity contribution in [2.24, 2.45) is 11.8 Å². The molecule has 154 valence electrons. The fourth-order valence-corrected chi connectivity index (χ4v) is 3.73. The van der Waals surface area contributed by atoms with E-state index in [2.05, 4.69) is 56.1 Å². The van der Waals surface area contributed by atoms with E-state index in [1.807, 2.05) is 6.07 Å². The van der Waals surface area contributed by atoms with E-state index in [0.717, 1.165) is 30.6 Å². The van der Waals surface area contributed by atoms with E-state index in [-0.39, 0.29) is 5.91 Å². The summed E-state index contributed by atoms with van der Waals surface area (Å²) in [6, 6.07) is 8.38. The first kappa shape index (κ1) is 23.5. The molecule has 3 heteroatoms. The number of carbonyl (C=O) groups is 1. The van der Waals surface area contributed by atoms with Crippen molar-refractivity contribution in [3.63, 3.8) is 0 Å². The van der Waals surface area contributed by atoms with Crippen LogP contribution in [0.4, 0.5) is 11.4 Å². The van der Waals surface area contributed by atoms with Gasteiger partial charge in [0, 0.05) is 31.4 Å². The zero-order chi connectivity index (χ0) is 20.1. The number of rotatable bonds is 14. The van der Waals surface area contributed by atoms with Gasteiger partial charge in [-0.15, -0.1) is 0 Å². The number of benzene rings is 1. The molecule has 0 aliphatic carbocycles. The smallest absolute Gasteiger partial charge is 0.221 e. The molecular weight excluding hydrogens is 332 g/mol. The van der Waals surface area contributed by atoms with Gasteiger partial charge in [-0.2, -0.15) is 0 Å². The molecule has 1 N–H and O–H groups in total. The summed E-state index contributed by atoms with van der Waals surface area (Å²) in [4.78, 5) is 14.0. The summed E-state index contributed by atoms with van der Waals surface area (Å²) in [7, 11) is 0. The number of unbranched alkanes of at least 4 members (excludes halogenated alkanes) is 2. The third-order valence-corrected chi connectivity index (χ3v) is 5.58.